The number of hydrogen-bond acceptors (Lipinski definition) is 4. The molecule has 5 heteroatoms. The topological polar surface area (TPSA) is 50.8 Å². The molecule has 0 radical (unpaired) electrons. The standard InChI is InChI=1S/C21H24N2O3/c1-25-19-10-15-7-8-23(13-17(15)11-20(19)26-2)21(24)18-9-14-5-3-4-6-16(14)12-22-18/h3-6,10-11,18,22H,7-9,12-13H2,1-2H3. The highest BCUT2D eigenvalue weighted by atomic mass is 16.5. The van der Waals surface area contributed by atoms with Crippen molar-refractivity contribution in [3.8, 4) is 11.5 Å². The number of benzene rings is 2. The monoisotopic (exact) mass is 352 g/mol. The zero-order valence-corrected chi connectivity index (χ0v) is 15.2. The quantitative estimate of drug-likeness (QED) is 0.921. The molecule has 0 aromatic heterocycles. The highest BCUT2D eigenvalue weighted by molar-refractivity contribution is 5.83. The molecule has 0 aliphatic carbocycles. The first-order chi connectivity index (χ1) is 12.7. The van der Waals surface area contributed by atoms with E-state index in [1.54, 1.807) is 14.2 Å². The molecule has 0 bridgehead atoms. The minimum absolute atomic E-state index is 0.147. The van der Waals surface area contributed by atoms with Gasteiger partial charge in [-0.1, -0.05) is 24.3 Å². The highest BCUT2D eigenvalue weighted by Gasteiger charge is 2.30. The van der Waals surface area contributed by atoms with Crippen molar-refractivity contribution in [2.75, 3.05) is 20.8 Å². The van der Waals surface area contributed by atoms with Gasteiger partial charge in [-0.3, -0.25) is 4.79 Å². The van der Waals surface area contributed by atoms with E-state index in [2.05, 4.69) is 17.4 Å². The fourth-order valence-corrected chi connectivity index (χ4v) is 3.92. The molecule has 0 fully saturated rings. The number of hydrogen-bond donors (Lipinski definition) is 1. The van der Waals surface area contributed by atoms with Gasteiger partial charge in [0.15, 0.2) is 11.5 Å². The van der Waals surface area contributed by atoms with Crippen LogP contribution in [0.5, 0.6) is 11.5 Å². The number of carbonyl (C=O) groups is 1. The molecule has 136 valence electrons. The Hall–Kier alpha value is -2.53. The van der Waals surface area contributed by atoms with Crippen LogP contribution in [0.2, 0.25) is 0 Å². The van der Waals surface area contributed by atoms with Crippen LogP contribution in [0.1, 0.15) is 22.3 Å². The summed E-state index contributed by atoms with van der Waals surface area (Å²) in [6.07, 6.45) is 1.59. The highest BCUT2D eigenvalue weighted by Crippen LogP contribution is 2.33. The van der Waals surface area contributed by atoms with E-state index >= 15 is 0 Å². The maximum atomic E-state index is 13.1. The Balaban J connectivity index is 1.51. The maximum Gasteiger partial charge on any atom is 0.240 e. The van der Waals surface area contributed by atoms with E-state index in [0.717, 1.165) is 37.2 Å². The Kier molecular flexibility index (Phi) is 4.55. The van der Waals surface area contributed by atoms with Crippen molar-refractivity contribution in [3.05, 3.63) is 58.7 Å². The largest absolute Gasteiger partial charge is 0.493 e. The van der Waals surface area contributed by atoms with Gasteiger partial charge < -0.3 is 19.7 Å². The van der Waals surface area contributed by atoms with Gasteiger partial charge in [-0.2, -0.15) is 0 Å². The van der Waals surface area contributed by atoms with Gasteiger partial charge in [-0.05, 0) is 47.2 Å². The van der Waals surface area contributed by atoms with Gasteiger partial charge in [-0.25, -0.2) is 0 Å². The lowest BCUT2D eigenvalue weighted by Crippen LogP contribution is -2.50. The van der Waals surface area contributed by atoms with Gasteiger partial charge in [0.25, 0.3) is 0 Å². The molecule has 1 atom stereocenters. The van der Waals surface area contributed by atoms with Crippen molar-refractivity contribution in [3.63, 3.8) is 0 Å². The Morgan fingerprint density at radius 3 is 2.46 bits per heavy atom. The predicted molar refractivity (Wildman–Crippen MR) is 99.4 cm³/mol. The smallest absolute Gasteiger partial charge is 0.240 e. The Labute approximate surface area is 153 Å². The molecule has 1 unspecified atom stereocenters. The van der Waals surface area contributed by atoms with Gasteiger partial charge in [-0.15, -0.1) is 0 Å². The minimum Gasteiger partial charge on any atom is -0.493 e. The van der Waals surface area contributed by atoms with E-state index in [1.807, 2.05) is 29.2 Å². The first-order valence-electron chi connectivity index (χ1n) is 9.02. The van der Waals surface area contributed by atoms with E-state index in [4.69, 9.17) is 9.47 Å². The van der Waals surface area contributed by atoms with Crippen LogP contribution in [0.4, 0.5) is 0 Å². The third-order valence-corrected chi connectivity index (χ3v) is 5.41. The second-order valence-electron chi connectivity index (χ2n) is 6.89. The number of nitrogens with one attached hydrogen (secondary N) is 1. The first kappa shape index (κ1) is 16.9. The molecule has 0 saturated carbocycles. The van der Waals surface area contributed by atoms with Crippen molar-refractivity contribution in [2.24, 2.45) is 0 Å². The third kappa shape index (κ3) is 3.03. The van der Waals surface area contributed by atoms with Gasteiger partial charge in [0.2, 0.25) is 5.91 Å². The Morgan fingerprint density at radius 2 is 1.73 bits per heavy atom. The molecule has 4 rings (SSSR count). The number of rotatable bonds is 3. The fourth-order valence-electron chi connectivity index (χ4n) is 3.92. The SMILES string of the molecule is COc1cc2c(cc1OC)CN(C(=O)C1Cc3ccccc3CN1)CC2. The summed E-state index contributed by atoms with van der Waals surface area (Å²) in [4.78, 5) is 15.0. The van der Waals surface area contributed by atoms with Crippen LogP contribution in [-0.2, 0) is 30.7 Å². The molecule has 2 aromatic carbocycles. The zero-order chi connectivity index (χ0) is 18.1. The number of methoxy groups -OCH3 is 2. The number of fused-ring (bicyclic) bond motifs is 2. The minimum atomic E-state index is -0.147. The summed E-state index contributed by atoms with van der Waals surface area (Å²) < 4.78 is 10.8. The summed E-state index contributed by atoms with van der Waals surface area (Å²) in [6.45, 7) is 2.11. The lowest BCUT2D eigenvalue weighted by atomic mass is 9.93. The summed E-state index contributed by atoms with van der Waals surface area (Å²) in [7, 11) is 3.29. The molecular weight excluding hydrogens is 328 g/mol. The summed E-state index contributed by atoms with van der Waals surface area (Å²) in [6, 6.07) is 12.2. The van der Waals surface area contributed by atoms with E-state index < -0.39 is 0 Å². The molecule has 1 N–H and O–H groups in total. The lowest BCUT2D eigenvalue weighted by Gasteiger charge is -2.34. The van der Waals surface area contributed by atoms with Crippen LogP contribution in [-0.4, -0.2) is 37.6 Å². The predicted octanol–water partition coefficient (Wildman–Crippen LogP) is 2.30. The van der Waals surface area contributed by atoms with Gasteiger partial charge in [0, 0.05) is 19.6 Å². The van der Waals surface area contributed by atoms with Crippen LogP contribution in [0.3, 0.4) is 0 Å². The fraction of sp³-hybridized carbons (Fsp3) is 0.381. The number of amides is 1. The van der Waals surface area contributed by atoms with Crippen LogP contribution < -0.4 is 14.8 Å². The molecule has 1 amide bonds. The van der Waals surface area contributed by atoms with Crippen LogP contribution in [0.25, 0.3) is 0 Å². The van der Waals surface area contributed by atoms with Crippen molar-refractivity contribution >= 4 is 5.91 Å². The second kappa shape index (κ2) is 7.00. The molecule has 2 aliphatic heterocycles. The van der Waals surface area contributed by atoms with E-state index in [0.29, 0.717) is 12.3 Å². The number of carbonyl (C=O) groups excluding carboxylic acids is 1. The third-order valence-electron chi connectivity index (χ3n) is 5.41. The Bertz CT molecular complexity index is 834. The Morgan fingerprint density at radius 1 is 1.04 bits per heavy atom. The summed E-state index contributed by atoms with van der Waals surface area (Å²) in [5.74, 6) is 1.64. The normalized spacial score (nSPS) is 18.7. The molecule has 0 saturated heterocycles. The van der Waals surface area contributed by atoms with Crippen LogP contribution in [0, 0.1) is 0 Å². The molecule has 5 nitrogen and oxygen atoms in total. The van der Waals surface area contributed by atoms with Gasteiger partial charge in [0.1, 0.15) is 0 Å². The summed E-state index contributed by atoms with van der Waals surface area (Å²) in [5, 5.41) is 3.40. The van der Waals surface area contributed by atoms with E-state index in [1.165, 1.54) is 16.7 Å². The summed E-state index contributed by atoms with van der Waals surface area (Å²) in [5.41, 5.74) is 4.93. The number of ether oxygens (including phenoxy) is 2. The van der Waals surface area contributed by atoms with E-state index in [9.17, 15) is 4.79 Å². The summed E-state index contributed by atoms with van der Waals surface area (Å²) >= 11 is 0. The molecule has 2 aliphatic rings. The molecule has 0 spiro atoms. The average molecular weight is 352 g/mol. The molecule has 2 aromatic rings. The zero-order valence-electron chi connectivity index (χ0n) is 15.2. The second-order valence-corrected chi connectivity index (χ2v) is 6.89. The average Bonchev–Trinajstić information content (AvgIpc) is 2.71. The first-order valence-corrected chi connectivity index (χ1v) is 9.02. The lowest BCUT2D eigenvalue weighted by molar-refractivity contribution is -0.134. The van der Waals surface area contributed by atoms with Crippen molar-refractivity contribution in [2.45, 2.75) is 32.0 Å². The van der Waals surface area contributed by atoms with Crippen LogP contribution in [0.15, 0.2) is 36.4 Å². The van der Waals surface area contributed by atoms with Crippen molar-refractivity contribution < 1.29 is 14.3 Å². The molecular formula is C21H24N2O3. The van der Waals surface area contributed by atoms with Gasteiger partial charge in [0.05, 0.1) is 20.3 Å². The molecule has 26 heavy (non-hydrogen) atoms. The van der Waals surface area contributed by atoms with Gasteiger partial charge >= 0.3 is 0 Å². The molecule has 2 heterocycles. The van der Waals surface area contributed by atoms with Crippen molar-refractivity contribution in [1.82, 2.24) is 10.2 Å². The van der Waals surface area contributed by atoms with Crippen molar-refractivity contribution in [1.29, 1.82) is 0 Å². The number of nitrogens with zero attached hydrogens (tertiary/aromatic N) is 1. The van der Waals surface area contributed by atoms with Crippen LogP contribution >= 0.6 is 0 Å². The van der Waals surface area contributed by atoms with E-state index in [-0.39, 0.29) is 11.9 Å². The maximum absolute atomic E-state index is 13.1.